The van der Waals surface area contributed by atoms with Gasteiger partial charge in [0.25, 0.3) is 5.91 Å². The maximum Gasteiger partial charge on any atom is 0.330 e. The van der Waals surface area contributed by atoms with Gasteiger partial charge >= 0.3 is 5.97 Å². The Labute approximate surface area is 104 Å². The molecule has 0 saturated carbocycles. The molecule has 0 atom stereocenters. The summed E-state index contributed by atoms with van der Waals surface area (Å²) in [5.41, 5.74) is 0.599. The van der Waals surface area contributed by atoms with Crippen molar-refractivity contribution in [1.82, 2.24) is 0 Å². The van der Waals surface area contributed by atoms with Crippen LogP contribution in [-0.2, 0) is 14.3 Å². The Morgan fingerprint density at radius 2 is 2.00 bits per heavy atom. The number of ether oxygens (including phenoxy) is 1. The van der Waals surface area contributed by atoms with Crippen LogP contribution in [0.1, 0.15) is 6.92 Å². The van der Waals surface area contributed by atoms with Crippen molar-refractivity contribution in [2.45, 2.75) is 6.92 Å². The van der Waals surface area contributed by atoms with Crippen molar-refractivity contribution in [3.63, 3.8) is 0 Å². The SMILES string of the molecule is CC=CC(=O)OCC(=O)Nc1ccc(Cl)cc1. The topological polar surface area (TPSA) is 55.4 Å². The number of rotatable bonds is 4. The van der Waals surface area contributed by atoms with Crippen LogP contribution in [0.25, 0.3) is 0 Å². The molecule has 90 valence electrons. The van der Waals surface area contributed by atoms with Gasteiger partial charge in [0.05, 0.1) is 0 Å². The number of anilines is 1. The third-order valence-electron chi connectivity index (χ3n) is 1.78. The number of amides is 1. The van der Waals surface area contributed by atoms with Gasteiger partial charge in [0, 0.05) is 16.8 Å². The summed E-state index contributed by atoms with van der Waals surface area (Å²) >= 11 is 5.70. The Hall–Kier alpha value is -1.81. The molecule has 1 N–H and O–H groups in total. The fourth-order valence-electron chi connectivity index (χ4n) is 1.05. The summed E-state index contributed by atoms with van der Waals surface area (Å²) in [6.07, 6.45) is 2.79. The van der Waals surface area contributed by atoms with Gasteiger partial charge in [0.15, 0.2) is 6.61 Å². The number of carbonyl (C=O) groups is 2. The highest BCUT2D eigenvalue weighted by molar-refractivity contribution is 6.30. The molecule has 0 saturated heterocycles. The summed E-state index contributed by atoms with van der Waals surface area (Å²) in [6, 6.07) is 6.63. The van der Waals surface area contributed by atoms with Crippen molar-refractivity contribution < 1.29 is 14.3 Å². The van der Waals surface area contributed by atoms with Crippen LogP contribution < -0.4 is 5.32 Å². The second kappa shape index (κ2) is 6.70. The first-order valence-corrected chi connectivity index (χ1v) is 5.34. The lowest BCUT2D eigenvalue weighted by Gasteiger charge is -2.05. The summed E-state index contributed by atoms with van der Waals surface area (Å²) in [5.74, 6) is -0.941. The molecule has 0 radical (unpaired) electrons. The van der Waals surface area contributed by atoms with Crippen LogP contribution in [-0.4, -0.2) is 18.5 Å². The first-order valence-electron chi connectivity index (χ1n) is 4.96. The molecule has 0 heterocycles. The van der Waals surface area contributed by atoms with Crippen LogP contribution in [0.3, 0.4) is 0 Å². The van der Waals surface area contributed by atoms with Crippen LogP contribution in [0, 0.1) is 0 Å². The highest BCUT2D eigenvalue weighted by atomic mass is 35.5. The summed E-state index contributed by atoms with van der Waals surface area (Å²) in [7, 11) is 0. The van der Waals surface area contributed by atoms with Crippen molar-refractivity contribution in [1.29, 1.82) is 0 Å². The number of nitrogens with one attached hydrogen (secondary N) is 1. The molecule has 0 aliphatic rings. The quantitative estimate of drug-likeness (QED) is 0.662. The van der Waals surface area contributed by atoms with Gasteiger partial charge in [0.2, 0.25) is 0 Å². The molecule has 0 bridgehead atoms. The molecule has 1 aromatic rings. The van der Waals surface area contributed by atoms with Crippen molar-refractivity contribution in [3.05, 3.63) is 41.4 Å². The Kier molecular flexibility index (Phi) is 5.23. The van der Waals surface area contributed by atoms with E-state index < -0.39 is 11.9 Å². The summed E-state index contributed by atoms with van der Waals surface area (Å²) < 4.78 is 4.68. The summed E-state index contributed by atoms with van der Waals surface area (Å²) in [6.45, 7) is 1.38. The molecule has 4 nitrogen and oxygen atoms in total. The molecular weight excluding hydrogens is 242 g/mol. The molecule has 0 unspecified atom stereocenters. The average Bonchev–Trinajstić information content (AvgIpc) is 2.30. The molecule has 0 spiro atoms. The molecular formula is C12H12ClNO3. The summed E-state index contributed by atoms with van der Waals surface area (Å²) in [5, 5.41) is 3.15. The number of esters is 1. The standard InChI is InChI=1S/C12H12ClNO3/c1-2-3-12(16)17-8-11(15)14-10-6-4-9(13)5-7-10/h2-7H,8H2,1H3,(H,14,15). The zero-order valence-corrected chi connectivity index (χ0v) is 10.0. The molecule has 17 heavy (non-hydrogen) atoms. The van der Waals surface area contributed by atoms with Crippen molar-refractivity contribution in [2.24, 2.45) is 0 Å². The number of carbonyl (C=O) groups excluding carboxylic acids is 2. The van der Waals surface area contributed by atoms with Gasteiger partial charge in [0.1, 0.15) is 0 Å². The number of hydrogen-bond donors (Lipinski definition) is 1. The molecule has 0 fully saturated rings. The smallest absolute Gasteiger partial charge is 0.330 e. The zero-order chi connectivity index (χ0) is 12.7. The van der Waals surface area contributed by atoms with Crippen LogP contribution in [0.5, 0.6) is 0 Å². The number of halogens is 1. The minimum Gasteiger partial charge on any atom is -0.452 e. The average molecular weight is 254 g/mol. The van der Waals surface area contributed by atoms with Crippen LogP contribution in [0.2, 0.25) is 5.02 Å². The van der Waals surface area contributed by atoms with E-state index in [0.29, 0.717) is 10.7 Å². The second-order valence-electron chi connectivity index (χ2n) is 3.16. The van der Waals surface area contributed by atoms with Gasteiger partial charge in [-0.2, -0.15) is 0 Å². The number of hydrogen-bond acceptors (Lipinski definition) is 3. The number of benzene rings is 1. The Morgan fingerprint density at radius 3 is 2.59 bits per heavy atom. The predicted octanol–water partition coefficient (Wildman–Crippen LogP) is 2.40. The molecule has 0 aromatic heterocycles. The van der Waals surface area contributed by atoms with E-state index in [0.717, 1.165) is 0 Å². The van der Waals surface area contributed by atoms with E-state index in [1.807, 2.05) is 0 Å². The van der Waals surface area contributed by atoms with Crippen LogP contribution in [0.4, 0.5) is 5.69 Å². The molecule has 0 aliphatic heterocycles. The van der Waals surface area contributed by atoms with E-state index in [2.05, 4.69) is 10.1 Å². The fourth-order valence-corrected chi connectivity index (χ4v) is 1.18. The molecule has 1 aromatic carbocycles. The normalized spacial score (nSPS) is 10.2. The monoisotopic (exact) mass is 253 g/mol. The predicted molar refractivity (Wildman–Crippen MR) is 65.9 cm³/mol. The minimum absolute atomic E-state index is 0.314. The highest BCUT2D eigenvalue weighted by Crippen LogP contribution is 2.13. The van der Waals surface area contributed by atoms with Gasteiger partial charge in [-0.25, -0.2) is 4.79 Å². The maximum absolute atomic E-state index is 11.4. The van der Waals surface area contributed by atoms with E-state index in [1.54, 1.807) is 37.3 Å². The van der Waals surface area contributed by atoms with E-state index in [1.165, 1.54) is 6.08 Å². The zero-order valence-electron chi connectivity index (χ0n) is 9.27. The molecule has 1 rings (SSSR count). The van der Waals surface area contributed by atoms with E-state index in [-0.39, 0.29) is 6.61 Å². The lowest BCUT2D eigenvalue weighted by molar-refractivity contribution is -0.142. The Balaban J connectivity index is 2.39. The third-order valence-corrected chi connectivity index (χ3v) is 2.03. The van der Waals surface area contributed by atoms with Crippen molar-refractivity contribution >= 4 is 29.2 Å². The summed E-state index contributed by atoms with van der Waals surface area (Å²) in [4.78, 5) is 22.3. The lowest BCUT2D eigenvalue weighted by atomic mass is 10.3. The van der Waals surface area contributed by atoms with E-state index in [9.17, 15) is 9.59 Å². The third kappa shape index (κ3) is 5.17. The van der Waals surface area contributed by atoms with Gasteiger partial charge in [-0.15, -0.1) is 0 Å². The van der Waals surface area contributed by atoms with E-state index in [4.69, 9.17) is 11.6 Å². The molecule has 0 aliphatic carbocycles. The first kappa shape index (κ1) is 13.3. The van der Waals surface area contributed by atoms with E-state index >= 15 is 0 Å². The Bertz CT molecular complexity index is 426. The maximum atomic E-state index is 11.4. The van der Waals surface area contributed by atoms with Crippen LogP contribution in [0.15, 0.2) is 36.4 Å². The van der Waals surface area contributed by atoms with Gasteiger partial charge in [-0.05, 0) is 31.2 Å². The van der Waals surface area contributed by atoms with Gasteiger partial charge in [-0.1, -0.05) is 17.7 Å². The first-order chi connectivity index (χ1) is 8.11. The Morgan fingerprint density at radius 1 is 1.35 bits per heavy atom. The lowest BCUT2D eigenvalue weighted by Crippen LogP contribution is -2.20. The van der Waals surface area contributed by atoms with Gasteiger partial charge < -0.3 is 10.1 Å². The van der Waals surface area contributed by atoms with Crippen LogP contribution >= 0.6 is 11.6 Å². The van der Waals surface area contributed by atoms with Crippen molar-refractivity contribution in [3.8, 4) is 0 Å². The van der Waals surface area contributed by atoms with Gasteiger partial charge in [-0.3, -0.25) is 4.79 Å². The largest absolute Gasteiger partial charge is 0.452 e. The fraction of sp³-hybridized carbons (Fsp3) is 0.167. The highest BCUT2D eigenvalue weighted by Gasteiger charge is 2.05. The molecule has 1 amide bonds. The molecule has 5 heteroatoms. The second-order valence-corrected chi connectivity index (χ2v) is 3.60. The van der Waals surface area contributed by atoms with Crippen molar-refractivity contribution in [2.75, 3.05) is 11.9 Å². The minimum atomic E-state index is -0.543. The number of allylic oxidation sites excluding steroid dienone is 1.